The van der Waals surface area contributed by atoms with Crippen molar-refractivity contribution in [3.05, 3.63) is 83.3 Å². The largest absolute Gasteiger partial charge is 0.468 e. The van der Waals surface area contributed by atoms with E-state index in [-0.39, 0.29) is 34.1 Å². The van der Waals surface area contributed by atoms with Crippen LogP contribution < -0.4 is 14.8 Å². The highest BCUT2D eigenvalue weighted by Gasteiger charge is 2.29. The van der Waals surface area contributed by atoms with Gasteiger partial charge in [-0.25, -0.2) is 17.8 Å². The first-order valence-corrected chi connectivity index (χ1v) is 11.2. The highest BCUT2D eigenvalue weighted by atomic mass is 32.2. The number of pyridine rings is 1. The summed E-state index contributed by atoms with van der Waals surface area (Å²) in [7, 11) is -4.21. The third-order valence-electron chi connectivity index (χ3n) is 4.54. The molecule has 0 aliphatic carbocycles. The summed E-state index contributed by atoms with van der Waals surface area (Å²) in [5.74, 6) is -1.73. The normalized spacial score (nSPS) is 11.7. The number of alkyl halides is 3. The van der Waals surface area contributed by atoms with Crippen LogP contribution in [0.4, 0.5) is 23.2 Å². The number of amides is 1. The molecule has 34 heavy (non-hydrogen) atoms. The molecule has 2 N–H and O–H groups in total. The van der Waals surface area contributed by atoms with Gasteiger partial charge in [0.05, 0.1) is 10.6 Å². The van der Waals surface area contributed by atoms with Gasteiger partial charge in [-0.3, -0.25) is 9.52 Å². The summed E-state index contributed by atoms with van der Waals surface area (Å²) in [5, 5.41) is 2.52. The molecule has 7 nitrogen and oxygen atoms in total. The minimum atomic E-state index is -4.56. The van der Waals surface area contributed by atoms with Crippen molar-refractivity contribution in [2.24, 2.45) is 0 Å². The van der Waals surface area contributed by atoms with Gasteiger partial charge in [0.1, 0.15) is 5.82 Å². The van der Waals surface area contributed by atoms with Crippen LogP contribution in [0.2, 0.25) is 0 Å². The first kappa shape index (κ1) is 25.0. The summed E-state index contributed by atoms with van der Waals surface area (Å²) >= 11 is 0. The number of aryl methyl sites for hydroxylation is 1. The number of benzene rings is 2. The standard InChI is InChI=1S/C22H19F4N3O4S/c1-14-8-9-16(34(31,32)29-19-7-3-2-6-18(19)23)11-17(14)20(30)28-12-15-5-4-10-27-21(15)33-13-22(24,25)26/h2-11,29H,12-13H2,1H3,(H,28,30). The van der Waals surface area contributed by atoms with E-state index in [1.54, 1.807) is 6.92 Å². The minimum absolute atomic E-state index is 0.0121. The Balaban J connectivity index is 1.77. The van der Waals surface area contributed by atoms with Crippen molar-refractivity contribution < 1.29 is 35.5 Å². The Bertz CT molecular complexity index is 1300. The molecule has 0 saturated heterocycles. The van der Waals surface area contributed by atoms with Crippen LogP contribution >= 0.6 is 0 Å². The highest BCUT2D eigenvalue weighted by Crippen LogP contribution is 2.22. The SMILES string of the molecule is Cc1ccc(S(=O)(=O)Nc2ccccc2F)cc1C(=O)NCc1cccnc1OCC(F)(F)F. The number of sulfonamides is 1. The number of para-hydroxylation sites is 1. The topological polar surface area (TPSA) is 97.4 Å². The highest BCUT2D eigenvalue weighted by molar-refractivity contribution is 7.92. The molecule has 1 heterocycles. The maximum atomic E-state index is 13.9. The van der Waals surface area contributed by atoms with Gasteiger partial charge >= 0.3 is 6.18 Å². The molecular formula is C22H19F4N3O4S. The number of hydrogen-bond donors (Lipinski definition) is 2. The summed E-state index contributed by atoms with van der Waals surface area (Å²) in [4.78, 5) is 16.2. The Hall–Kier alpha value is -3.67. The summed E-state index contributed by atoms with van der Waals surface area (Å²) in [5.41, 5.74) is 0.403. The summed E-state index contributed by atoms with van der Waals surface area (Å²) in [6.45, 7) is -0.180. The Morgan fingerprint density at radius 1 is 1.09 bits per heavy atom. The number of anilines is 1. The van der Waals surface area contributed by atoms with Gasteiger partial charge in [-0.2, -0.15) is 13.2 Å². The zero-order valence-electron chi connectivity index (χ0n) is 17.7. The Morgan fingerprint density at radius 3 is 2.53 bits per heavy atom. The van der Waals surface area contributed by atoms with E-state index in [0.29, 0.717) is 5.56 Å². The molecule has 0 aliphatic rings. The molecule has 12 heteroatoms. The zero-order valence-corrected chi connectivity index (χ0v) is 18.5. The van der Waals surface area contributed by atoms with E-state index in [0.717, 1.165) is 12.1 Å². The number of hydrogen-bond acceptors (Lipinski definition) is 5. The second-order valence-corrected chi connectivity index (χ2v) is 8.80. The second-order valence-electron chi connectivity index (χ2n) is 7.12. The lowest BCUT2D eigenvalue weighted by Gasteiger charge is -2.14. The quantitative estimate of drug-likeness (QED) is 0.455. The van der Waals surface area contributed by atoms with E-state index < -0.39 is 34.5 Å². The number of halogens is 4. The molecule has 0 bridgehead atoms. The molecule has 3 aromatic rings. The van der Waals surface area contributed by atoms with Gasteiger partial charge in [-0.1, -0.05) is 24.3 Å². The molecule has 3 rings (SSSR count). The number of rotatable bonds is 8. The molecule has 0 fully saturated rings. The van der Waals surface area contributed by atoms with E-state index in [2.05, 4.69) is 19.8 Å². The summed E-state index contributed by atoms with van der Waals surface area (Å²) in [6.07, 6.45) is -3.31. The molecule has 0 spiro atoms. The van der Waals surface area contributed by atoms with Gasteiger partial charge in [0.2, 0.25) is 5.88 Å². The van der Waals surface area contributed by atoms with Crippen molar-refractivity contribution >= 4 is 21.6 Å². The van der Waals surface area contributed by atoms with Crippen molar-refractivity contribution in [3.8, 4) is 5.88 Å². The predicted octanol–water partition coefficient (Wildman–Crippen LogP) is 4.20. The van der Waals surface area contributed by atoms with Crippen molar-refractivity contribution in [2.75, 3.05) is 11.3 Å². The second kappa shape index (κ2) is 10.1. The van der Waals surface area contributed by atoms with Crippen LogP contribution in [0.25, 0.3) is 0 Å². The number of nitrogens with one attached hydrogen (secondary N) is 2. The summed E-state index contributed by atoms with van der Waals surface area (Å²) in [6, 6.07) is 11.9. The maximum absolute atomic E-state index is 13.9. The fraction of sp³-hybridized carbons (Fsp3) is 0.182. The monoisotopic (exact) mass is 497 g/mol. The lowest BCUT2D eigenvalue weighted by molar-refractivity contribution is -0.154. The number of ether oxygens (including phenoxy) is 1. The Labute approximate surface area is 192 Å². The summed E-state index contributed by atoms with van der Waals surface area (Å²) < 4.78 is 83.4. The molecule has 0 atom stereocenters. The smallest absolute Gasteiger partial charge is 0.422 e. The van der Waals surface area contributed by atoms with Gasteiger partial charge in [0.15, 0.2) is 6.61 Å². The van der Waals surface area contributed by atoms with Gasteiger partial charge in [0.25, 0.3) is 15.9 Å². The van der Waals surface area contributed by atoms with Crippen LogP contribution in [0.3, 0.4) is 0 Å². The van der Waals surface area contributed by atoms with Crippen molar-refractivity contribution in [1.82, 2.24) is 10.3 Å². The third-order valence-corrected chi connectivity index (χ3v) is 5.91. The van der Waals surface area contributed by atoms with Gasteiger partial charge in [-0.05, 0) is 42.8 Å². The van der Waals surface area contributed by atoms with Crippen LogP contribution in [0.5, 0.6) is 5.88 Å². The molecule has 0 unspecified atom stereocenters. The van der Waals surface area contributed by atoms with Crippen LogP contribution in [0.1, 0.15) is 21.5 Å². The third kappa shape index (κ3) is 6.44. The fourth-order valence-electron chi connectivity index (χ4n) is 2.87. The van der Waals surface area contributed by atoms with E-state index >= 15 is 0 Å². The van der Waals surface area contributed by atoms with Crippen LogP contribution in [-0.2, 0) is 16.6 Å². The Morgan fingerprint density at radius 2 is 1.82 bits per heavy atom. The zero-order chi connectivity index (χ0) is 24.9. The minimum Gasteiger partial charge on any atom is -0.468 e. The number of carbonyl (C=O) groups is 1. The van der Waals surface area contributed by atoms with Gasteiger partial charge in [-0.15, -0.1) is 0 Å². The van der Waals surface area contributed by atoms with Crippen LogP contribution in [0.15, 0.2) is 65.7 Å². The molecular weight excluding hydrogens is 478 g/mol. The van der Waals surface area contributed by atoms with Crippen molar-refractivity contribution in [3.63, 3.8) is 0 Å². The molecule has 0 radical (unpaired) electrons. The maximum Gasteiger partial charge on any atom is 0.422 e. The van der Waals surface area contributed by atoms with E-state index in [1.165, 1.54) is 48.7 Å². The first-order chi connectivity index (χ1) is 16.0. The molecule has 1 aromatic heterocycles. The number of carbonyl (C=O) groups excluding carboxylic acids is 1. The molecule has 1 amide bonds. The molecule has 180 valence electrons. The number of nitrogens with zero attached hydrogens (tertiary/aromatic N) is 1. The fourth-order valence-corrected chi connectivity index (χ4v) is 3.96. The predicted molar refractivity (Wildman–Crippen MR) is 115 cm³/mol. The van der Waals surface area contributed by atoms with E-state index in [1.807, 2.05) is 0 Å². The van der Waals surface area contributed by atoms with Crippen LogP contribution in [-0.4, -0.2) is 32.1 Å². The number of aromatic nitrogens is 1. The van der Waals surface area contributed by atoms with Crippen molar-refractivity contribution in [1.29, 1.82) is 0 Å². The van der Waals surface area contributed by atoms with E-state index in [4.69, 9.17) is 0 Å². The first-order valence-electron chi connectivity index (χ1n) is 9.76. The van der Waals surface area contributed by atoms with Gasteiger partial charge < -0.3 is 10.1 Å². The molecule has 0 saturated carbocycles. The molecule has 0 aliphatic heterocycles. The van der Waals surface area contributed by atoms with Gasteiger partial charge in [0, 0.05) is 23.9 Å². The Kier molecular flexibility index (Phi) is 7.40. The van der Waals surface area contributed by atoms with E-state index in [9.17, 15) is 30.8 Å². The lowest BCUT2D eigenvalue weighted by Crippen LogP contribution is -2.25. The average molecular weight is 497 g/mol. The average Bonchev–Trinajstić information content (AvgIpc) is 2.77. The lowest BCUT2D eigenvalue weighted by atomic mass is 10.1. The molecule has 2 aromatic carbocycles. The van der Waals surface area contributed by atoms with Crippen LogP contribution in [0, 0.1) is 12.7 Å². The van der Waals surface area contributed by atoms with Crippen molar-refractivity contribution in [2.45, 2.75) is 24.5 Å².